The van der Waals surface area contributed by atoms with E-state index in [4.69, 9.17) is 0 Å². The van der Waals surface area contributed by atoms with Crippen molar-refractivity contribution in [3.05, 3.63) is 6.92 Å². The molecule has 41 heavy (non-hydrogen) atoms. The quantitative estimate of drug-likeness (QED) is 0.0646. The van der Waals surface area contributed by atoms with Crippen molar-refractivity contribution in [2.24, 2.45) is 5.92 Å². The van der Waals surface area contributed by atoms with Gasteiger partial charge in [0.25, 0.3) is 0 Å². The van der Waals surface area contributed by atoms with E-state index in [-0.39, 0.29) is 0 Å². The molecular formula is C41H83. The van der Waals surface area contributed by atoms with Crippen LogP contribution in [0.4, 0.5) is 0 Å². The van der Waals surface area contributed by atoms with E-state index >= 15 is 0 Å². The Morgan fingerprint density at radius 3 is 0.561 bits per heavy atom. The molecule has 0 bridgehead atoms. The van der Waals surface area contributed by atoms with E-state index in [0.717, 1.165) is 0 Å². The summed E-state index contributed by atoms with van der Waals surface area (Å²) < 4.78 is 0. The van der Waals surface area contributed by atoms with Crippen molar-refractivity contribution in [3.8, 4) is 0 Å². The summed E-state index contributed by atoms with van der Waals surface area (Å²) in [4.78, 5) is 0. The third-order valence-corrected chi connectivity index (χ3v) is 9.68. The molecule has 0 heteroatoms. The van der Waals surface area contributed by atoms with Gasteiger partial charge >= 0.3 is 0 Å². The molecule has 0 aliphatic carbocycles. The Balaban J connectivity index is 3.13. The second kappa shape index (κ2) is 38.0. The maximum Gasteiger partial charge on any atom is -0.0414 e. The van der Waals surface area contributed by atoms with E-state index in [1.165, 1.54) is 238 Å². The van der Waals surface area contributed by atoms with Crippen LogP contribution in [0.3, 0.4) is 0 Å². The van der Waals surface area contributed by atoms with Crippen molar-refractivity contribution in [1.29, 1.82) is 0 Å². The van der Waals surface area contributed by atoms with E-state index in [9.17, 15) is 0 Å². The Kier molecular flexibility index (Phi) is 38.0. The molecule has 1 atom stereocenters. The van der Waals surface area contributed by atoms with E-state index in [1.54, 1.807) is 0 Å². The summed E-state index contributed by atoms with van der Waals surface area (Å²) in [5.41, 5.74) is 0. The molecule has 247 valence electrons. The van der Waals surface area contributed by atoms with Crippen LogP contribution in [0.25, 0.3) is 0 Å². The molecule has 0 nitrogen and oxygen atoms in total. The number of unbranched alkanes of at least 4 members (excludes halogenated alkanes) is 33. The molecule has 0 saturated heterocycles. The molecule has 0 aliphatic rings. The molecule has 0 rings (SSSR count). The van der Waals surface area contributed by atoms with Crippen molar-refractivity contribution in [3.63, 3.8) is 0 Å². The molecule has 0 aromatic carbocycles. The first-order valence-electron chi connectivity index (χ1n) is 20.1. The second-order valence-electron chi connectivity index (χ2n) is 14.1. The van der Waals surface area contributed by atoms with Crippen molar-refractivity contribution < 1.29 is 0 Å². The van der Waals surface area contributed by atoms with Crippen LogP contribution in [0, 0.1) is 12.8 Å². The zero-order chi connectivity index (χ0) is 29.7. The van der Waals surface area contributed by atoms with Gasteiger partial charge in [0.15, 0.2) is 0 Å². The molecule has 0 spiro atoms. The molecule has 1 radical (unpaired) electrons. The summed E-state index contributed by atoms with van der Waals surface area (Å²) in [5, 5.41) is 0. The molecule has 0 N–H and O–H groups in total. The van der Waals surface area contributed by atoms with E-state index < -0.39 is 0 Å². The summed E-state index contributed by atoms with van der Waals surface area (Å²) in [6.07, 6.45) is 54.0. The van der Waals surface area contributed by atoms with Gasteiger partial charge in [0.2, 0.25) is 0 Å². The monoisotopic (exact) mass is 576 g/mol. The van der Waals surface area contributed by atoms with Gasteiger partial charge in [0.05, 0.1) is 0 Å². The summed E-state index contributed by atoms with van der Waals surface area (Å²) in [6, 6.07) is 0. The van der Waals surface area contributed by atoms with Crippen molar-refractivity contribution in [2.45, 2.75) is 251 Å². The van der Waals surface area contributed by atoms with Gasteiger partial charge in [-0.3, -0.25) is 0 Å². The highest BCUT2D eigenvalue weighted by molar-refractivity contribution is 4.62. The molecule has 0 aromatic heterocycles. The summed E-state index contributed by atoms with van der Waals surface area (Å²) in [5.74, 6) is 0.715. The lowest BCUT2D eigenvalue weighted by molar-refractivity contribution is 0.459. The Labute approximate surface area is 263 Å². The first kappa shape index (κ1) is 41.0. The molecule has 0 fully saturated rings. The standard InChI is InChI=1S/C41H83/c1-4-6-8-10-12-14-16-18-20-22-24-26-28-30-32-34-36-38-40-41(3)39-37-35-33-31-29-27-25-23-21-19-17-15-13-11-9-7-5-2/h41H,3-40H2,1-2H3. The second-order valence-corrected chi connectivity index (χ2v) is 14.1. The third-order valence-electron chi connectivity index (χ3n) is 9.68. The van der Waals surface area contributed by atoms with Crippen LogP contribution in [0.1, 0.15) is 251 Å². The average molecular weight is 576 g/mol. The first-order valence-corrected chi connectivity index (χ1v) is 20.1. The Hall–Kier alpha value is 0. The minimum absolute atomic E-state index is 0.715. The smallest absolute Gasteiger partial charge is 0.0414 e. The summed E-state index contributed by atoms with van der Waals surface area (Å²) >= 11 is 0. The molecule has 1 unspecified atom stereocenters. The van der Waals surface area contributed by atoms with Crippen LogP contribution in [-0.4, -0.2) is 0 Å². The molecule has 0 amide bonds. The summed E-state index contributed by atoms with van der Waals surface area (Å²) in [6.45, 7) is 9.08. The lowest BCUT2D eigenvalue weighted by atomic mass is 9.95. The van der Waals surface area contributed by atoms with Crippen LogP contribution < -0.4 is 0 Å². The lowest BCUT2D eigenvalue weighted by Gasteiger charge is -2.11. The average Bonchev–Trinajstić information content (AvgIpc) is 2.98. The minimum Gasteiger partial charge on any atom is -0.0654 e. The molecular weight excluding hydrogens is 492 g/mol. The predicted molar refractivity (Wildman–Crippen MR) is 191 cm³/mol. The highest BCUT2D eigenvalue weighted by Gasteiger charge is 2.03. The molecule has 0 aliphatic heterocycles. The van der Waals surface area contributed by atoms with Gasteiger partial charge in [-0.05, 0) is 5.92 Å². The molecule has 0 aromatic rings. The fraction of sp³-hybridized carbons (Fsp3) is 0.976. The van der Waals surface area contributed by atoms with Crippen LogP contribution in [-0.2, 0) is 0 Å². The minimum atomic E-state index is 0.715. The van der Waals surface area contributed by atoms with Crippen LogP contribution >= 0.6 is 0 Å². The SMILES string of the molecule is [CH2]C(CCCCCCCCCCCCCCCCCCC)CCCCCCCCCCCCCCCCCCCC. The number of rotatable bonds is 37. The predicted octanol–water partition coefficient (Wildman–Crippen LogP) is 15.9. The van der Waals surface area contributed by atoms with Crippen LogP contribution in [0.15, 0.2) is 0 Å². The number of hydrogen-bond acceptors (Lipinski definition) is 0. The normalized spacial score (nSPS) is 12.4. The first-order chi connectivity index (χ1) is 20.3. The van der Waals surface area contributed by atoms with Gasteiger partial charge < -0.3 is 0 Å². The topological polar surface area (TPSA) is 0 Å². The fourth-order valence-electron chi connectivity index (χ4n) is 6.64. The Bertz CT molecular complexity index is 426. The van der Waals surface area contributed by atoms with E-state index in [0.29, 0.717) is 5.92 Å². The Morgan fingerprint density at radius 1 is 0.244 bits per heavy atom. The Morgan fingerprint density at radius 2 is 0.390 bits per heavy atom. The largest absolute Gasteiger partial charge is 0.0654 e. The fourth-order valence-corrected chi connectivity index (χ4v) is 6.64. The van der Waals surface area contributed by atoms with Crippen LogP contribution in [0.2, 0.25) is 0 Å². The molecule has 0 heterocycles. The zero-order valence-corrected chi connectivity index (χ0v) is 29.4. The van der Waals surface area contributed by atoms with Gasteiger partial charge in [-0.1, -0.05) is 258 Å². The number of hydrogen-bond donors (Lipinski definition) is 0. The maximum atomic E-state index is 4.46. The van der Waals surface area contributed by atoms with E-state index in [1.807, 2.05) is 0 Å². The van der Waals surface area contributed by atoms with Gasteiger partial charge in [0, 0.05) is 0 Å². The van der Waals surface area contributed by atoms with Crippen molar-refractivity contribution >= 4 is 0 Å². The zero-order valence-electron chi connectivity index (χ0n) is 29.4. The van der Waals surface area contributed by atoms with Gasteiger partial charge in [-0.25, -0.2) is 0 Å². The maximum absolute atomic E-state index is 4.46. The van der Waals surface area contributed by atoms with Crippen molar-refractivity contribution in [1.82, 2.24) is 0 Å². The third kappa shape index (κ3) is 38.0. The van der Waals surface area contributed by atoms with Crippen LogP contribution in [0.5, 0.6) is 0 Å². The van der Waals surface area contributed by atoms with Gasteiger partial charge in [0.1, 0.15) is 0 Å². The van der Waals surface area contributed by atoms with Crippen molar-refractivity contribution in [2.75, 3.05) is 0 Å². The highest BCUT2D eigenvalue weighted by Crippen LogP contribution is 2.20. The highest BCUT2D eigenvalue weighted by atomic mass is 14.1. The summed E-state index contributed by atoms with van der Waals surface area (Å²) in [7, 11) is 0. The van der Waals surface area contributed by atoms with E-state index in [2.05, 4.69) is 20.8 Å². The van der Waals surface area contributed by atoms with Gasteiger partial charge in [-0.2, -0.15) is 0 Å². The molecule has 0 saturated carbocycles. The van der Waals surface area contributed by atoms with Gasteiger partial charge in [-0.15, -0.1) is 0 Å². The lowest BCUT2D eigenvalue weighted by Crippen LogP contribution is -1.95.